The monoisotopic (exact) mass is 329 g/mol. The molecule has 2 N–H and O–H groups in total. The first-order valence-corrected chi connectivity index (χ1v) is 8.47. The van der Waals surface area contributed by atoms with Gasteiger partial charge in [-0.2, -0.15) is 11.8 Å². The van der Waals surface area contributed by atoms with E-state index in [0.717, 1.165) is 15.3 Å². The molecule has 0 amide bonds. The minimum Gasteiger partial charge on any atom is -0.387 e. The maximum absolute atomic E-state index is 10.1. The van der Waals surface area contributed by atoms with Crippen molar-refractivity contribution in [1.29, 1.82) is 0 Å². The molecule has 4 heteroatoms. The summed E-state index contributed by atoms with van der Waals surface area (Å²) in [5.41, 5.74) is 0.969. The van der Waals surface area contributed by atoms with Crippen molar-refractivity contribution < 1.29 is 5.11 Å². The Morgan fingerprint density at radius 2 is 2.33 bits per heavy atom. The maximum atomic E-state index is 10.1. The first kappa shape index (κ1) is 14.4. The summed E-state index contributed by atoms with van der Waals surface area (Å²) in [6.07, 6.45) is 5.52. The third-order valence-corrected chi connectivity index (χ3v) is 5.14. The van der Waals surface area contributed by atoms with E-state index in [1.165, 1.54) is 19.3 Å². The van der Waals surface area contributed by atoms with Crippen LogP contribution in [0, 0.1) is 0 Å². The molecular formula is C14H20BrNOS. The highest BCUT2D eigenvalue weighted by atomic mass is 79.9. The van der Waals surface area contributed by atoms with Gasteiger partial charge in [-0.25, -0.2) is 0 Å². The van der Waals surface area contributed by atoms with E-state index in [1.807, 2.05) is 36.0 Å². The average molecular weight is 330 g/mol. The van der Waals surface area contributed by atoms with Gasteiger partial charge in [0.2, 0.25) is 0 Å². The molecule has 0 radical (unpaired) electrons. The van der Waals surface area contributed by atoms with Crippen LogP contribution in [0.15, 0.2) is 28.7 Å². The van der Waals surface area contributed by atoms with Gasteiger partial charge in [0.05, 0.1) is 6.10 Å². The molecule has 3 unspecified atom stereocenters. The van der Waals surface area contributed by atoms with Crippen LogP contribution in [-0.2, 0) is 0 Å². The molecule has 1 aliphatic carbocycles. The molecule has 3 atom stereocenters. The molecule has 1 aromatic carbocycles. The highest BCUT2D eigenvalue weighted by Gasteiger charge is 2.24. The van der Waals surface area contributed by atoms with Crippen molar-refractivity contribution in [3.8, 4) is 0 Å². The van der Waals surface area contributed by atoms with E-state index >= 15 is 0 Å². The lowest BCUT2D eigenvalue weighted by molar-refractivity contribution is 0.170. The van der Waals surface area contributed by atoms with Crippen LogP contribution in [0.1, 0.15) is 30.9 Å². The van der Waals surface area contributed by atoms with Gasteiger partial charge in [-0.15, -0.1) is 0 Å². The fourth-order valence-corrected chi connectivity index (χ4v) is 3.66. The normalized spacial score (nSPS) is 25.3. The number of halogens is 1. The Bertz CT molecular complexity index is 388. The van der Waals surface area contributed by atoms with E-state index < -0.39 is 6.10 Å². The zero-order chi connectivity index (χ0) is 13.0. The van der Waals surface area contributed by atoms with Crippen LogP contribution in [-0.4, -0.2) is 29.2 Å². The van der Waals surface area contributed by atoms with E-state index in [1.54, 1.807) is 0 Å². The first-order chi connectivity index (χ1) is 8.69. The second-order valence-corrected chi connectivity index (χ2v) is 6.90. The summed E-state index contributed by atoms with van der Waals surface area (Å²) in [4.78, 5) is 0. The molecule has 1 aliphatic rings. The van der Waals surface area contributed by atoms with Crippen LogP contribution in [0.3, 0.4) is 0 Å². The number of rotatable bonds is 5. The second-order valence-electron chi connectivity index (χ2n) is 4.85. The van der Waals surface area contributed by atoms with Crippen molar-refractivity contribution in [2.24, 2.45) is 0 Å². The predicted octanol–water partition coefficient (Wildman–Crippen LogP) is 3.36. The minimum atomic E-state index is -0.421. The van der Waals surface area contributed by atoms with Crippen LogP contribution < -0.4 is 5.32 Å². The van der Waals surface area contributed by atoms with Crippen molar-refractivity contribution in [2.45, 2.75) is 36.7 Å². The van der Waals surface area contributed by atoms with Crippen molar-refractivity contribution in [2.75, 3.05) is 12.8 Å². The Balaban J connectivity index is 1.80. The molecule has 0 heterocycles. The number of nitrogens with one attached hydrogen (secondary N) is 1. The van der Waals surface area contributed by atoms with Crippen molar-refractivity contribution >= 4 is 27.7 Å². The Morgan fingerprint density at radius 3 is 3.00 bits per heavy atom. The van der Waals surface area contributed by atoms with Crippen molar-refractivity contribution in [1.82, 2.24) is 5.32 Å². The van der Waals surface area contributed by atoms with E-state index in [0.29, 0.717) is 12.6 Å². The summed E-state index contributed by atoms with van der Waals surface area (Å²) in [7, 11) is 0. The summed E-state index contributed by atoms with van der Waals surface area (Å²) >= 11 is 5.39. The van der Waals surface area contributed by atoms with E-state index in [2.05, 4.69) is 27.5 Å². The molecule has 18 heavy (non-hydrogen) atoms. The van der Waals surface area contributed by atoms with E-state index in [4.69, 9.17) is 0 Å². The average Bonchev–Trinajstić information content (AvgIpc) is 2.84. The van der Waals surface area contributed by atoms with Crippen LogP contribution in [0.4, 0.5) is 0 Å². The van der Waals surface area contributed by atoms with Crippen LogP contribution in [0.25, 0.3) is 0 Å². The summed E-state index contributed by atoms with van der Waals surface area (Å²) < 4.78 is 1.02. The van der Waals surface area contributed by atoms with Gasteiger partial charge in [0, 0.05) is 22.3 Å². The number of hydrogen-bond donors (Lipinski definition) is 2. The Labute approximate surface area is 122 Å². The van der Waals surface area contributed by atoms with E-state index in [-0.39, 0.29) is 0 Å². The summed E-state index contributed by atoms with van der Waals surface area (Å²) in [6, 6.07) is 8.46. The van der Waals surface area contributed by atoms with Gasteiger partial charge in [0.25, 0.3) is 0 Å². The van der Waals surface area contributed by atoms with Crippen LogP contribution in [0.2, 0.25) is 0 Å². The largest absolute Gasteiger partial charge is 0.387 e. The molecule has 0 bridgehead atoms. The van der Waals surface area contributed by atoms with Gasteiger partial charge < -0.3 is 10.4 Å². The standard InChI is InChI=1S/C14H20BrNOS/c1-18-13-6-5-12(8-13)16-9-14(17)10-3-2-4-11(15)7-10/h2-4,7,12-14,16-17H,5-6,8-9H2,1H3. The van der Waals surface area contributed by atoms with Gasteiger partial charge in [-0.05, 0) is 43.2 Å². The topological polar surface area (TPSA) is 32.3 Å². The lowest BCUT2D eigenvalue weighted by Crippen LogP contribution is -2.31. The predicted molar refractivity (Wildman–Crippen MR) is 82.0 cm³/mol. The Kier molecular flexibility index (Phi) is 5.55. The molecule has 1 fully saturated rings. The molecule has 0 spiro atoms. The quantitative estimate of drug-likeness (QED) is 0.868. The molecule has 100 valence electrons. The van der Waals surface area contributed by atoms with Gasteiger partial charge in [0.1, 0.15) is 0 Å². The van der Waals surface area contributed by atoms with Crippen molar-refractivity contribution in [3.05, 3.63) is 34.3 Å². The molecule has 2 nitrogen and oxygen atoms in total. The third-order valence-electron chi connectivity index (χ3n) is 3.55. The number of aliphatic hydroxyl groups excluding tert-OH is 1. The number of aliphatic hydroxyl groups is 1. The zero-order valence-corrected chi connectivity index (χ0v) is 13.0. The fourth-order valence-electron chi connectivity index (χ4n) is 2.45. The number of thioether (sulfide) groups is 1. The smallest absolute Gasteiger partial charge is 0.0914 e. The molecule has 0 saturated heterocycles. The summed E-state index contributed by atoms with van der Waals surface area (Å²) in [5, 5.41) is 14.4. The SMILES string of the molecule is CSC1CCC(NCC(O)c2cccc(Br)c2)C1. The Morgan fingerprint density at radius 1 is 1.50 bits per heavy atom. The molecule has 0 aliphatic heterocycles. The highest BCUT2D eigenvalue weighted by Crippen LogP contribution is 2.28. The highest BCUT2D eigenvalue weighted by molar-refractivity contribution is 9.10. The summed E-state index contributed by atoms with van der Waals surface area (Å²) in [5.74, 6) is 0. The lowest BCUT2D eigenvalue weighted by atomic mass is 10.1. The van der Waals surface area contributed by atoms with Gasteiger partial charge >= 0.3 is 0 Å². The lowest BCUT2D eigenvalue weighted by Gasteiger charge is -2.17. The third kappa shape index (κ3) is 3.98. The number of benzene rings is 1. The first-order valence-electron chi connectivity index (χ1n) is 6.38. The minimum absolute atomic E-state index is 0.421. The Hall–Kier alpha value is -0.0300. The number of hydrogen-bond acceptors (Lipinski definition) is 3. The molecule has 2 rings (SSSR count). The van der Waals surface area contributed by atoms with Gasteiger partial charge in [-0.3, -0.25) is 0 Å². The van der Waals surface area contributed by atoms with Gasteiger partial charge in [-0.1, -0.05) is 28.1 Å². The van der Waals surface area contributed by atoms with Crippen LogP contribution in [0.5, 0.6) is 0 Å². The molecule has 0 aromatic heterocycles. The zero-order valence-electron chi connectivity index (χ0n) is 10.6. The van der Waals surface area contributed by atoms with Gasteiger partial charge in [0.15, 0.2) is 0 Å². The summed E-state index contributed by atoms with van der Waals surface area (Å²) in [6.45, 7) is 0.641. The molecule has 1 aromatic rings. The van der Waals surface area contributed by atoms with Crippen molar-refractivity contribution in [3.63, 3.8) is 0 Å². The van der Waals surface area contributed by atoms with Crippen LogP contribution >= 0.6 is 27.7 Å². The molecule has 1 saturated carbocycles. The maximum Gasteiger partial charge on any atom is 0.0914 e. The second kappa shape index (κ2) is 6.94. The molecular weight excluding hydrogens is 310 g/mol. The fraction of sp³-hybridized carbons (Fsp3) is 0.571. The van der Waals surface area contributed by atoms with E-state index in [9.17, 15) is 5.11 Å².